The van der Waals surface area contributed by atoms with Crippen molar-refractivity contribution in [1.82, 2.24) is 19.6 Å². The van der Waals surface area contributed by atoms with E-state index in [1.165, 1.54) is 68.9 Å². The first-order valence-corrected chi connectivity index (χ1v) is 13.5. The summed E-state index contributed by atoms with van der Waals surface area (Å²) in [4.78, 5) is 20.8. The number of amides is 1. The smallest absolute Gasteiger partial charge is 0.258 e. The molecule has 1 amide bonds. The molecule has 1 aromatic carbocycles. The first-order valence-electron chi connectivity index (χ1n) is 12.7. The zero-order valence-electron chi connectivity index (χ0n) is 19.5. The fourth-order valence-corrected chi connectivity index (χ4v) is 6.97. The van der Waals surface area contributed by atoms with E-state index < -0.39 is 0 Å². The number of piperidine rings is 1. The standard InChI is InChI=1S/C28H32N4OS/c33-28(25-17-24-19-29-26-7-4-8-27(34-25)32(24)26)30-18-20-9-11-23(12-10-20)31-15-13-22(14-16-31)21-5-2-1-3-6-21/h1-8,17,19-20,22-23H,9-16,18H2,(H,30,33). The number of rotatable bonds is 5. The average molecular weight is 473 g/mol. The van der Waals surface area contributed by atoms with Crippen molar-refractivity contribution in [2.75, 3.05) is 19.6 Å². The van der Waals surface area contributed by atoms with Gasteiger partial charge in [0, 0.05) is 12.6 Å². The molecule has 0 bridgehead atoms. The molecule has 3 aromatic rings. The molecule has 34 heavy (non-hydrogen) atoms. The zero-order chi connectivity index (χ0) is 22.9. The van der Waals surface area contributed by atoms with Crippen LogP contribution < -0.4 is 5.32 Å². The van der Waals surface area contributed by atoms with E-state index in [-0.39, 0.29) is 5.91 Å². The number of aromatic nitrogens is 2. The third-order valence-electron chi connectivity index (χ3n) is 7.92. The lowest BCUT2D eigenvalue weighted by Crippen LogP contribution is -2.43. The number of likely N-dealkylation sites (tertiary alicyclic amines) is 1. The van der Waals surface area contributed by atoms with Crippen molar-refractivity contribution in [1.29, 1.82) is 0 Å². The van der Waals surface area contributed by atoms with Crippen molar-refractivity contribution in [3.05, 3.63) is 70.9 Å². The maximum Gasteiger partial charge on any atom is 0.258 e. The summed E-state index contributed by atoms with van der Waals surface area (Å²) in [6.07, 6.45) is 11.3. The van der Waals surface area contributed by atoms with Gasteiger partial charge in [0.25, 0.3) is 5.91 Å². The number of hydrogen-bond acceptors (Lipinski definition) is 4. The summed E-state index contributed by atoms with van der Waals surface area (Å²) in [6.45, 7) is 3.23. The third-order valence-corrected chi connectivity index (χ3v) is 8.97. The zero-order valence-corrected chi connectivity index (χ0v) is 20.3. The van der Waals surface area contributed by atoms with E-state index >= 15 is 0 Å². The van der Waals surface area contributed by atoms with Crippen molar-refractivity contribution in [3.63, 3.8) is 0 Å². The van der Waals surface area contributed by atoms with Crippen molar-refractivity contribution < 1.29 is 4.79 Å². The molecular formula is C28H32N4OS. The molecule has 1 saturated heterocycles. The molecule has 2 aliphatic heterocycles. The van der Waals surface area contributed by atoms with Crippen LogP contribution in [0.15, 0.2) is 64.7 Å². The topological polar surface area (TPSA) is 49.6 Å². The highest BCUT2D eigenvalue weighted by Gasteiger charge is 2.30. The van der Waals surface area contributed by atoms with Gasteiger partial charge in [0.05, 0.1) is 21.8 Å². The van der Waals surface area contributed by atoms with Gasteiger partial charge in [0.1, 0.15) is 5.65 Å². The highest BCUT2D eigenvalue weighted by Crippen LogP contribution is 2.35. The highest BCUT2D eigenvalue weighted by atomic mass is 32.2. The Balaban J connectivity index is 0.970. The molecule has 5 nitrogen and oxygen atoms in total. The lowest BCUT2D eigenvalue weighted by molar-refractivity contribution is -0.117. The Morgan fingerprint density at radius 3 is 2.56 bits per heavy atom. The Labute approximate surface area is 205 Å². The summed E-state index contributed by atoms with van der Waals surface area (Å²) in [5, 5.41) is 4.27. The highest BCUT2D eigenvalue weighted by molar-refractivity contribution is 8.04. The Hall–Kier alpha value is -2.57. The van der Waals surface area contributed by atoms with Crippen molar-refractivity contribution >= 4 is 29.4 Å². The summed E-state index contributed by atoms with van der Waals surface area (Å²) in [5.74, 6) is 1.35. The number of benzene rings is 1. The van der Waals surface area contributed by atoms with Gasteiger partial charge in [0.2, 0.25) is 0 Å². The Bertz CT molecular complexity index is 1190. The van der Waals surface area contributed by atoms with E-state index in [0.717, 1.165) is 39.8 Å². The van der Waals surface area contributed by atoms with Gasteiger partial charge in [-0.1, -0.05) is 48.2 Å². The monoisotopic (exact) mass is 472 g/mol. The van der Waals surface area contributed by atoms with Crippen LogP contribution in [0.2, 0.25) is 0 Å². The molecule has 4 heterocycles. The van der Waals surface area contributed by atoms with E-state index in [9.17, 15) is 4.79 Å². The van der Waals surface area contributed by atoms with Gasteiger partial charge < -0.3 is 10.2 Å². The van der Waals surface area contributed by atoms with Crippen LogP contribution in [0.3, 0.4) is 0 Å². The second-order valence-corrected chi connectivity index (χ2v) is 11.0. The number of carbonyl (C=O) groups is 1. The van der Waals surface area contributed by atoms with Crippen molar-refractivity contribution in [2.45, 2.75) is 55.5 Å². The molecule has 0 radical (unpaired) electrons. The fourth-order valence-electron chi connectivity index (χ4n) is 5.96. The number of nitrogens with zero attached hydrogens (tertiary/aromatic N) is 3. The van der Waals surface area contributed by atoms with E-state index in [0.29, 0.717) is 5.92 Å². The van der Waals surface area contributed by atoms with Gasteiger partial charge in [-0.2, -0.15) is 0 Å². The molecule has 1 aliphatic carbocycles. The minimum atomic E-state index is 0.0413. The fraction of sp³-hybridized carbons (Fsp3) is 0.429. The molecule has 2 aromatic heterocycles. The summed E-state index contributed by atoms with van der Waals surface area (Å²) in [5.41, 5.74) is 3.41. The molecule has 0 spiro atoms. The number of nitrogens with one attached hydrogen (secondary N) is 1. The van der Waals surface area contributed by atoms with Gasteiger partial charge in [-0.3, -0.25) is 9.20 Å². The lowest BCUT2D eigenvalue weighted by Gasteiger charge is -2.41. The first kappa shape index (κ1) is 21.9. The minimum absolute atomic E-state index is 0.0413. The van der Waals surface area contributed by atoms with Crippen LogP contribution in [0.4, 0.5) is 0 Å². The SMILES string of the molecule is O=C(NCC1CCC(N2CCC(c3ccccc3)CC2)CC1)C1=Cc2cnc3cccc(n23)S1. The van der Waals surface area contributed by atoms with Crippen LogP contribution >= 0.6 is 11.8 Å². The van der Waals surface area contributed by atoms with Gasteiger partial charge >= 0.3 is 0 Å². The van der Waals surface area contributed by atoms with Crippen molar-refractivity contribution in [2.24, 2.45) is 5.92 Å². The normalized spacial score (nSPS) is 23.6. The Morgan fingerprint density at radius 2 is 1.76 bits per heavy atom. The summed E-state index contributed by atoms with van der Waals surface area (Å²) in [7, 11) is 0. The molecule has 0 atom stereocenters. The molecule has 6 heteroatoms. The maximum atomic E-state index is 12.9. The molecule has 1 N–H and O–H groups in total. The molecule has 176 valence electrons. The van der Waals surface area contributed by atoms with Gasteiger partial charge in [-0.05, 0) is 87.2 Å². The molecule has 0 unspecified atom stereocenters. The average Bonchev–Trinajstić information content (AvgIpc) is 3.33. The Kier molecular flexibility index (Phi) is 6.18. The predicted molar refractivity (Wildman–Crippen MR) is 138 cm³/mol. The van der Waals surface area contributed by atoms with E-state index in [1.54, 1.807) is 0 Å². The molecule has 3 aliphatic rings. The summed E-state index contributed by atoms with van der Waals surface area (Å²) < 4.78 is 2.10. The van der Waals surface area contributed by atoms with Crippen LogP contribution in [0.25, 0.3) is 11.7 Å². The molecular weight excluding hydrogens is 440 g/mol. The van der Waals surface area contributed by atoms with Crippen LogP contribution in [0, 0.1) is 5.92 Å². The maximum absolute atomic E-state index is 12.9. The lowest BCUT2D eigenvalue weighted by atomic mass is 9.83. The Morgan fingerprint density at radius 1 is 0.971 bits per heavy atom. The van der Waals surface area contributed by atoms with Crippen LogP contribution in [-0.2, 0) is 4.79 Å². The van der Waals surface area contributed by atoms with Crippen molar-refractivity contribution in [3.8, 4) is 0 Å². The van der Waals surface area contributed by atoms with Crippen LogP contribution in [0.1, 0.15) is 55.7 Å². The van der Waals surface area contributed by atoms with Crippen LogP contribution in [-0.4, -0.2) is 45.9 Å². The largest absolute Gasteiger partial charge is 0.351 e. The summed E-state index contributed by atoms with van der Waals surface area (Å²) >= 11 is 1.53. The molecule has 2 fully saturated rings. The van der Waals surface area contributed by atoms with Gasteiger partial charge in [-0.15, -0.1) is 0 Å². The molecule has 1 saturated carbocycles. The number of pyridine rings is 1. The minimum Gasteiger partial charge on any atom is -0.351 e. The van der Waals surface area contributed by atoms with Gasteiger partial charge in [0.15, 0.2) is 0 Å². The third kappa shape index (κ3) is 4.41. The van der Waals surface area contributed by atoms with E-state index in [2.05, 4.69) is 49.9 Å². The first-order chi connectivity index (χ1) is 16.7. The second-order valence-electron chi connectivity index (χ2n) is 9.96. The summed E-state index contributed by atoms with van der Waals surface area (Å²) in [6, 6.07) is 17.8. The number of hydrogen-bond donors (Lipinski definition) is 1. The van der Waals surface area contributed by atoms with Crippen LogP contribution in [0.5, 0.6) is 0 Å². The number of imidazole rings is 1. The van der Waals surface area contributed by atoms with E-state index in [1.807, 2.05) is 30.5 Å². The molecule has 6 rings (SSSR count). The van der Waals surface area contributed by atoms with Gasteiger partial charge in [-0.25, -0.2) is 4.98 Å². The second kappa shape index (κ2) is 9.59. The number of carbonyl (C=O) groups excluding carboxylic acids is 1. The predicted octanol–water partition coefficient (Wildman–Crippen LogP) is 5.34. The quantitative estimate of drug-likeness (QED) is 0.545. The van der Waals surface area contributed by atoms with E-state index in [4.69, 9.17) is 0 Å². The number of thioether (sulfide) groups is 1.